The molecule has 0 saturated carbocycles. The lowest BCUT2D eigenvalue weighted by Crippen LogP contribution is -2.31. The van der Waals surface area contributed by atoms with Gasteiger partial charge in [-0.25, -0.2) is 12.7 Å². The van der Waals surface area contributed by atoms with E-state index in [0.29, 0.717) is 16.6 Å². The second-order valence-electron chi connectivity index (χ2n) is 6.86. The number of sulfonamides is 1. The van der Waals surface area contributed by atoms with Crippen molar-refractivity contribution >= 4 is 31.9 Å². The van der Waals surface area contributed by atoms with Crippen LogP contribution >= 0.6 is 15.9 Å². The van der Waals surface area contributed by atoms with Crippen molar-refractivity contribution in [3.63, 3.8) is 0 Å². The quantitative estimate of drug-likeness (QED) is 0.673. The topological polar surface area (TPSA) is 66.9 Å². The molecule has 28 heavy (non-hydrogen) atoms. The maximum atomic E-state index is 13.2. The van der Waals surface area contributed by atoms with Crippen LogP contribution in [0.2, 0.25) is 0 Å². The Bertz CT molecular complexity index is 974. The summed E-state index contributed by atoms with van der Waals surface area (Å²) in [5.41, 5.74) is 1.41. The number of carbonyl (C=O) groups excluding carboxylic acids is 1. The predicted octanol–water partition coefficient (Wildman–Crippen LogP) is 3.69. The first-order chi connectivity index (χ1) is 13.3. The monoisotopic (exact) mass is 466 g/mol. The van der Waals surface area contributed by atoms with Crippen molar-refractivity contribution in [1.29, 1.82) is 0 Å². The number of likely N-dealkylation sites (tertiary alicyclic amines) is 1. The van der Waals surface area contributed by atoms with Crippen molar-refractivity contribution in [1.82, 2.24) is 9.21 Å². The normalized spacial score (nSPS) is 17.2. The van der Waals surface area contributed by atoms with Crippen molar-refractivity contribution in [2.24, 2.45) is 0 Å². The van der Waals surface area contributed by atoms with Crippen LogP contribution in [0, 0.1) is 0 Å². The molecule has 1 aliphatic heterocycles. The third-order valence-electron chi connectivity index (χ3n) is 4.95. The van der Waals surface area contributed by atoms with Gasteiger partial charge in [-0.1, -0.05) is 12.1 Å². The Kier molecular flexibility index (Phi) is 6.12. The number of rotatable bonds is 5. The first-order valence-electron chi connectivity index (χ1n) is 8.92. The molecule has 6 nitrogen and oxygen atoms in total. The van der Waals surface area contributed by atoms with E-state index in [2.05, 4.69) is 15.9 Å². The van der Waals surface area contributed by atoms with Crippen LogP contribution in [-0.4, -0.2) is 51.3 Å². The summed E-state index contributed by atoms with van der Waals surface area (Å²) in [5.74, 6) is 0.604. The number of halogens is 1. The van der Waals surface area contributed by atoms with E-state index in [0.717, 1.165) is 28.5 Å². The first-order valence-corrected chi connectivity index (χ1v) is 11.2. The van der Waals surface area contributed by atoms with Gasteiger partial charge in [-0.3, -0.25) is 4.79 Å². The predicted molar refractivity (Wildman–Crippen MR) is 111 cm³/mol. The average molecular weight is 467 g/mol. The third kappa shape index (κ3) is 3.94. The molecular weight excluding hydrogens is 444 g/mol. The molecule has 1 atom stereocenters. The fourth-order valence-electron chi connectivity index (χ4n) is 3.38. The second kappa shape index (κ2) is 8.23. The largest absolute Gasteiger partial charge is 0.497 e. The molecule has 0 aliphatic carbocycles. The van der Waals surface area contributed by atoms with Gasteiger partial charge in [-0.2, -0.15) is 0 Å². The Morgan fingerprint density at radius 2 is 1.86 bits per heavy atom. The van der Waals surface area contributed by atoms with Crippen LogP contribution in [0.5, 0.6) is 5.75 Å². The molecule has 0 aromatic heterocycles. The van der Waals surface area contributed by atoms with Gasteiger partial charge >= 0.3 is 0 Å². The minimum atomic E-state index is -3.66. The van der Waals surface area contributed by atoms with Gasteiger partial charge in [-0.05, 0) is 64.7 Å². The Morgan fingerprint density at radius 3 is 2.46 bits per heavy atom. The molecule has 8 heteroatoms. The van der Waals surface area contributed by atoms with Gasteiger partial charge in [0, 0.05) is 30.7 Å². The molecule has 2 aromatic carbocycles. The summed E-state index contributed by atoms with van der Waals surface area (Å²) in [7, 11) is 0.897. The van der Waals surface area contributed by atoms with E-state index in [-0.39, 0.29) is 16.8 Å². The lowest BCUT2D eigenvalue weighted by molar-refractivity contribution is 0.0735. The molecule has 0 N–H and O–H groups in total. The summed E-state index contributed by atoms with van der Waals surface area (Å²) in [6.45, 7) is 0.640. The zero-order valence-electron chi connectivity index (χ0n) is 16.1. The summed E-state index contributed by atoms with van der Waals surface area (Å²) < 4.78 is 31.9. The van der Waals surface area contributed by atoms with E-state index < -0.39 is 10.0 Å². The number of amides is 1. The first kappa shape index (κ1) is 20.8. The van der Waals surface area contributed by atoms with E-state index in [1.165, 1.54) is 20.2 Å². The van der Waals surface area contributed by atoms with Crippen LogP contribution in [0.4, 0.5) is 0 Å². The fraction of sp³-hybridized carbons (Fsp3) is 0.350. The molecular formula is C20H23BrN2O4S. The van der Waals surface area contributed by atoms with Crippen molar-refractivity contribution < 1.29 is 17.9 Å². The summed E-state index contributed by atoms with van der Waals surface area (Å²) in [4.78, 5) is 15.1. The van der Waals surface area contributed by atoms with Crippen LogP contribution in [0.25, 0.3) is 0 Å². The lowest BCUT2D eigenvalue weighted by atomic mass is 10.0. The summed E-state index contributed by atoms with van der Waals surface area (Å²) in [6, 6.07) is 12.4. The van der Waals surface area contributed by atoms with Gasteiger partial charge < -0.3 is 9.64 Å². The number of nitrogens with zero attached hydrogens (tertiary/aromatic N) is 2. The van der Waals surface area contributed by atoms with Crippen LogP contribution in [0.15, 0.2) is 51.8 Å². The van der Waals surface area contributed by atoms with Gasteiger partial charge in [-0.15, -0.1) is 0 Å². The lowest BCUT2D eigenvalue weighted by Gasteiger charge is -2.26. The maximum Gasteiger partial charge on any atom is 0.254 e. The highest BCUT2D eigenvalue weighted by Gasteiger charge is 2.31. The van der Waals surface area contributed by atoms with Gasteiger partial charge in [0.05, 0.1) is 18.0 Å². The fourth-order valence-corrected chi connectivity index (χ4v) is 5.22. The Morgan fingerprint density at radius 1 is 1.18 bits per heavy atom. The maximum absolute atomic E-state index is 13.2. The van der Waals surface area contributed by atoms with E-state index in [1.807, 2.05) is 29.2 Å². The molecule has 1 heterocycles. The van der Waals surface area contributed by atoms with Gasteiger partial charge in [0.1, 0.15) is 5.75 Å². The number of hydrogen-bond donors (Lipinski definition) is 0. The highest BCUT2D eigenvalue weighted by atomic mass is 79.9. The van der Waals surface area contributed by atoms with E-state index >= 15 is 0 Å². The summed E-state index contributed by atoms with van der Waals surface area (Å²) in [6.07, 6.45) is 1.78. The number of benzene rings is 2. The highest BCUT2D eigenvalue weighted by molar-refractivity contribution is 9.10. The molecule has 1 saturated heterocycles. The van der Waals surface area contributed by atoms with Gasteiger partial charge in [0.2, 0.25) is 10.0 Å². The van der Waals surface area contributed by atoms with Crippen molar-refractivity contribution in [3.05, 3.63) is 58.1 Å². The minimum absolute atomic E-state index is 0.0315. The third-order valence-corrected chi connectivity index (χ3v) is 7.76. The van der Waals surface area contributed by atoms with Crippen molar-refractivity contribution in [3.8, 4) is 5.75 Å². The number of carbonyl (C=O) groups is 1. The number of hydrogen-bond acceptors (Lipinski definition) is 4. The van der Waals surface area contributed by atoms with E-state index in [1.54, 1.807) is 19.2 Å². The molecule has 1 fully saturated rings. The van der Waals surface area contributed by atoms with Gasteiger partial charge in [0.25, 0.3) is 5.91 Å². The van der Waals surface area contributed by atoms with Crippen LogP contribution in [-0.2, 0) is 10.0 Å². The summed E-state index contributed by atoms with van der Waals surface area (Å²) >= 11 is 3.29. The number of methoxy groups -OCH3 is 1. The zero-order valence-corrected chi connectivity index (χ0v) is 18.5. The number of ether oxygens (including phenoxy) is 1. The van der Waals surface area contributed by atoms with Crippen molar-refractivity contribution in [2.75, 3.05) is 27.7 Å². The highest BCUT2D eigenvalue weighted by Crippen LogP contribution is 2.35. The van der Waals surface area contributed by atoms with Crippen LogP contribution < -0.4 is 4.74 Å². The average Bonchev–Trinajstić information content (AvgIpc) is 3.17. The molecule has 3 rings (SSSR count). The molecule has 150 valence electrons. The Hall–Kier alpha value is -1.90. The smallest absolute Gasteiger partial charge is 0.254 e. The zero-order chi connectivity index (χ0) is 20.5. The van der Waals surface area contributed by atoms with Crippen LogP contribution in [0.3, 0.4) is 0 Å². The van der Waals surface area contributed by atoms with Gasteiger partial charge in [0.15, 0.2) is 0 Å². The second-order valence-corrected chi connectivity index (χ2v) is 9.84. The molecule has 0 bridgehead atoms. The Labute approximate surface area is 174 Å². The molecule has 1 aliphatic rings. The van der Waals surface area contributed by atoms with E-state index in [4.69, 9.17) is 4.74 Å². The Balaban J connectivity index is 1.92. The minimum Gasteiger partial charge on any atom is -0.497 e. The van der Waals surface area contributed by atoms with Crippen molar-refractivity contribution in [2.45, 2.75) is 23.8 Å². The molecule has 0 radical (unpaired) electrons. The molecule has 1 unspecified atom stereocenters. The summed E-state index contributed by atoms with van der Waals surface area (Å²) in [5, 5.41) is 0. The molecule has 0 spiro atoms. The van der Waals surface area contributed by atoms with E-state index in [9.17, 15) is 13.2 Å². The molecule has 1 amide bonds. The van der Waals surface area contributed by atoms with Crippen LogP contribution in [0.1, 0.15) is 34.8 Å². The SMILES string of the molecule is COc1ccc(C2CCCN2C(=O)c2ccc(Br)c(S(=O)(=O)N(C)C)c2)cc1. The molecule has 2 aromatic rings. The standard InChI is InChI=1S/C20H23BrN2O4S/c1-22(2)28(25,26)19-13-15(8-11-17(19)21)20(24)23-12-4-5-18(23)14-6-9-16(27-3)10-7-14/h6-11,13,18H,4-5,12H2,1-3H3.